The molecule has 0 amide bonds. The van der Waals surface area contributed by atoms with Crippen molar-refractivity contribution >= 4 is 5.82 Å². The normalized spacial score (nSPS) is 19.8. The van der Waals surface area contributed by atoms with E-state index in [1.807, 2.05) is 19.1 Å². The molecule has 0 bridgehead atoms. The molecule has 1 aromatic heterocycles. The minimum atomic E-state index is 0.536. The van der Waals surface area contributed by atoms with Gasteiger partial charge >= 0.3 is 0 Å². The first kappa shape index (κ1) is 10.9. The number of rotatable bonds is 2. The van der Waals surface area contributed by atoms with Crippen LogP contribution in [0.25, 0.3) is 0 Å². The van der Waals surface area contributed by atoms with E-state index >= 15 is 0 Å². The molecular formula is C12H16N4. The molecule has 2 rings (SSSR count). The maximum atomic E-state index is 9.05. The van der Waals surface area contributed by atoms with Gasteiger partial charge in [0.1, 0.15) is 11.9 Å². The molecule has 0 radical (unpaired) electrons. The van der Waals surface area contributed by atoms with Gasteiger partial charge in [-0.1, -0.05) is 0 Å². The van der Waals surface area contributed by atoms with Gasteiger partial charge in [0.15, 0.2) is 0 Å². The Bertz CT molecular complexity index is 422. The SMILES string of the molecule is Cc1ccc(C#N)c(N2CCC(CN)C2)n1. The lowest BCUT2D eigenvalue weighted by atomic mass is 10.1. The maximum Gasteiger partial charge on any atom is 0.146 e. The highest BCUT2D eigenvalue weighted by Gasteiger charge is 2.24. The molecule has 2 N–H and O–H groups in total. The summed E-state index contributed by atoms with van der Waals surface area (Å²) in [5.74, 6) is 1.35. The number of hydrogen-bond donors (Lipinski definition) is 1. The van der Waals surface area contributed by atoms with Crippen LogP contribution in [0.15, 0.2) is 12.1 Å². The summed E-state index contributed by atoms with van der Waals surface area (Å²) in [5.41, 5.74) is 7.27. The van der Waals surface area contributed by atoms with E-state index in [1.54, 1.807) is 0 Å². The minimum absolute atomic E-state index is 0.536. The van der Waals surface area contributed by atoms with E-state index in [0.29, 0.717) is 18.0 Å². The van der Waals surface area contributed by atoms with Crippen molar-refractivity contribution in [2.24, 2.45) is 11.7 Å². The van der Waals surface area contributed by atoms with Crippen LogP contribution in [0.5, 0.6) is 0 Å². The van der Waals surface area contributed by atoms with Gasteiger partial charge in [0, 0.05) is 18.8 Å². The van der Waals surface area contributed by atoms with Crippen molar-refractivity contribution in [3.05, 3.63) is 23.4 Å². The summed E-state index contributed by atoms with van der Waals surface area (Å²) in [7, 11) is 0. The Morgan fingerprint density at radius 1 is 1.62 bits per heavy atom. The highest BCUT2D eigenvalue weighted by Crippen LogP contribution is 2.24. The second kappa shape index (κ2) is 4.50. The van der Waals surface area contributed by atoms with Gasteiger partial charge in [-0.05, 0) is 37.9 Å². The summed E-state index contributed by atoms with van der Waals surface area (Å²) < 4.78 is 0. The fraction of sp³-hybridized carbons (Fsp3) is 0.500. The zero-order valence-electron chi connectivity index (χ0n) is 9.48. The van der Waals surface area contributed by atoms with Crippen LogP contribution >= 0.6 is 0 Å². The number of hydrogen-bond acceptors (Lipinski definition) is 4. The van der Waals surface area contributed by atoms with Gasteiger partial charge in [0.05, 0.1) is 5.56 Å². The summed E-state index contributed by atoms with van der Waals surface area (Å²) in [6, 6.07) is 5.91. The molecule has 1 unspecified atom stereocenters. The van der Waals surface area contributed by atoms with E-state index < -0.39 is 0 Å². The van der Waals surface area contributed by atoms with Crippen molar-refractivity contribution < 1.29 is 0 Å². The first-order valence-corrected chi connectivity index (χ1v) is 5.57. The maximum absolute atomic E-state index is 9.05. The van der Waals surface area contributed by atoms with Gasteiger partial charge in [0.2, 0.25) is 0 Å². The average molecular weight is 216 g/mol. The molecule has 4 nitrogen and oxygen atoms in total. The lowest BCUT2D eigenvalue weighted by Crippen LogP contribution is -2.24. The third kappa shape index (κ3) is 2.00. The van der Waals surface area contributed by atoms with Crippen molar-refractivity contribution in [2.45, 2.75) is 13.3 Å². The Kier molecular flexibility index (Phi) is 3.07. The lowest BCUT2D eigenvalue weighted by Gasteiger charge is -2.18. The topological polar surface area (TPSA) is 65.9 Å². The number of aromatic nitrogens is 1. The van der Waals surface area contributed by atoms with E-state index in [4.69, 9.17) is 11.0 Å². The molecule has 1 aliphatic rings. The molecule has 1 aromatic rings. The van der Waals surface area contributed by atoms with Gasteiger partial charge in [-0.15, -0.1) is 0 Å². The van der Waals surface area contributed by atoms with Crippen LogP contribution in [-0.4, -0.2) is 24.6 Å². The second-order valence-corrected chi connectivity index (χ2v) is 4.27. The molecule has 0 aliphatic carbocycles. The van der Waals surface area contributed by atoms with Gasteiger partial charge < -0.3 is 10.6 Å². The van der Waals surface area contributed by atoms with Crippen LogP contribution < -0.4 is 10.6 Å². The van der Waals surface area contributed by atoms with E-state index in [1.165, 1.54) is 0 Å². The summed E-state index contributed by atoms with van der Waals surface area (Å²) in [5, 5.41) is 9.05. The molecule has 1 saturated heterocycles. The molecule has 1 fully saturated rings. The zero-order chi connectivity index (χ0) is 11.5. The fourth-order valence-electron chi connectivity index (χ4n) is 2.09. The molecule has 1 atom stereocenters. The molecule has 0 spiro atoms. The second-order valence-electron chi connectivity index (χ2n) is 4.27. The first-order chi connectivity index (χ1) is 7.74. The van der Waals surface area contributed by atoms with Crippen molar-refractivity contribution in [3.63, 3.8) is 0 Å². The molecule has 4 heteroatoms. The average Bonchev–Trinajstić information content (AvgIpc) is 2.77. The van der Waals surface area contributed by atoms with Gasteiger partial charge in [-0.3, -0.25) is 0 Å². The highest BCUT2D eigenvalue weighted by atomic mass is 15.2. The Labute approximate surface area is 95.7 Å². The molecule has 16 heavy (non-hydrogen) atoms. The Hall–Kier alpha value is -1.60. The van der Waals surface area contributed by atoms with Gasteiger partial charge in [-0.25, -0.2) is 4.98 Å². The number of nitrogens with zero attached hydrogens (tertiary/aromatic N) is 3. The van der Waals surface area contributed by atoms with Crippen LogP contribution in [0.3, 0.4) is 0 Å². The molecular weight excluding hydrogens is 200 g/mol. The number of aryl methyl sites for hydroxylation is 1. The van der Waals surface area contributed by atoms with Crippen LogP contribution in [0, 0.1) is 24.2 Å². The summed E-state index contributed by atoms with van der Waals surface area (Å²) in [4.78, 5) is 6.63. The summed E-state index contributed by atoms with van der Waals surface area (Å²) in [6.07, 6.45) is 1.09. The number of nitriles is 1. The summed E-state index contributed by atoms with van der Waals surface area (Å²) >= 11 is 0. The number of nitrogens with two attached hydrogens (primary N) is 1. The van der Waals surface area contributed by atoms with Crippen LogP contribution in [-0.2, 0) is 0 Å². The monoisotopic (exact) mass is 216 g/mol. The van der Waals surface area contributed by atoms with E-state index in [2.05, 4.69) is 16.0 Å². The minimum Gasteiger partial charge on any atom is -0.355 e. The molecule has 0 aromatic carbocycles. The Morgan fingerprint density at radius 3 is 3.06 bits per heavy atom. The molecule has 1 aliphatic heterocycles. The Balaban J connectivity index is 2.27. The first-order valence-electron chi connectivity index (χ1n) is 5.57. The van der Waals surface area contributed by atoms with Crippen molar-refractivity contribution in [3.8, 4) is 6.07 Å². The third-order valence-electron chi connectivity index (χ3n) is 3.05. The van der Waals surface area contributed by atoms with Gasteiger partial charge in [0.25, 0.3) is 0 Å². The predicted molar refractivity (Wildman–Crippen MR) is 63.1 cm³/mol. The van der Waals surface area contributed by atoms with Crippen molar-refractivity contribution in [2.75, 3.05) is 24.5 Å². The summed E-state index contributed by atoms with van der Waals surface area (Å²) in [6.45, 7) is 4.53. The lowest BCUT2D eigenvalue weighted by molar-refractivity contribution is 0.602. The molecule has 0 saturated carbocycles. The van der Waals surface area contributed by atoms with E-state index in [0.717, 1.165) is 31.0 Å². The predicted octanol–water partition coefficient (Wildman–Crippen LogP) is 1.05. The van der Waals surface area contributed by atoms with Gasteiger partial charge in [-0.2, -0.15) is 5.26 Å². The third-order valence-corrected chi connectivity index (χ3v) is 3.05. The number of pyridine rings is 1. The van der Waals surface area contributed by atoms with E-state index in [9.17, 15) is 0 Å². The highest BCUT2D eigenvalue weighted by molar-refractivity contribution is 5.54. The fourth-order valence-corrected chi connectivity index (χ4v) is 2.09. The van der Waals surface area contributed by atoms with Crippen LogP contribution in [0.2, 0.25) is 0 Å². The van der Waals surface area contributed by atoms with E-state index in [-0.39, 0.29) is 0 Å². The smallest absolute Gasteiger partial charge is 0.146 e. The quantitative estimate of drug-likeness (QED) is 0.802. The standard InChI is InChI=1S/C12H16N4/c1-9-2-3-11(7-14)12(15-9)16-5-4-10(6-13)8-16/h2-3,10H,4-6,8,13H2,1H3. The Morgan fingerprint density at radius 2 is 2.44 bits per heavy atom. The number of anilines is 1. The molecule has 84 valence electrons. The van der Waals surface area contributed by atoms with Crippen LogP contribution in [0.4, 0.5) is 5.82 Å². The molecule has 2 heterocycles. The van der Waals surface area contributed by atoms with Crippen LogP contribution in [0.1, 0.15) is 17.7 Å². The largest absolute Gasteiger partial charge is 0.355 e. The zero-order valence-corrected chi connectivity index (χ0v) is 9.48. The van der Waals surface area contributed by atoms with Crippen molar-refractivity contribution in [1.82, 2.24) is 4.98 Å². The van der Waals surface area contributed by atoms with Crippen molar-refractivity contribution in [1.29, 1.82) is 5.26 Å².